The molecule has 1 N–H and O–H groups in total. The fourth-order valence-electron chi connectivity index (χ4n) is 1.69. The lowest BCUT2D eigenvalue weighted by molar-refractivity contribution is -0.149. The van der Waals surface area contributed by atoms with Gasteiger partial charge in [0.2, 0.25) is 5.91 Å². The molecule has 4 heteroatoms. The molecule has 4 nitrogen and oxygen atoms in total. The van der Waals surface area contributed by atoms with Crippen molar-refractivity contribution < 1.29 is 14.3 Å². The van der Waals surface area contributed by atoms with Crippen LogP contribution in [0.15, 0.2) is 12.2 Å². The number of esters is 1. The third-order valence-corrected chi connectivity index (χ3v) is 2.68. The average molecular weight is 239 g/mol. The summed E-state index contributed by atoms with van der Waals surface area (Å²) in [5.41, 5.74) is 0. The Morgan fingerprint density at radius 3 is 2.82 bits per heavy atom. The second kappa shape index (κ2) is 7.09. The van der Waals surface area contributed by atoms with Crippen molar-refractivity contribution in [1.29, 1.82) is 0 Å². The van der Waals surface area contributed by atoms with Gasteiger partial charge in [-0.2, -0.15) is 0 Å². The van der Waals surface area contributed by atoms with Gasteiger partial charge in [0.15, 0.2) is 0 Å². The minimum absolute atomic E-state index is 0.00449. The molecule has 0 aromatic carbocycles. The van der Waals surface area contributed by atoms with E-state index in [1.54, 1.807) is 6.92 Å². The number of amides is 1. The van der Waals surface area contributed by atoms with Crippen LogP contribution in [0.2, 0.25) is 0 Å². The standard InChI is InChI=1S/C13H21NO3/c1-10-6-4-3-5-7-12(15)14-9-11(2)17-13(16)8-10/h3-4,10-11H,5-9H2,1-2H3,(H,14,15)/b4-3+/t10?,11-/m1/s1. The summed E-state index contributed by atoms with van der Waals surface area (Å²) in [6.45, 7) is 4.21. The van der Waals surface area contributed by atoms with Crippen molar-refractivity contribution in [2.45, 2.75) is 45.6 Å². The zero-order chi connectivity index (χ0) is 12.7. The topological polar surface area (TPSA) is 55.4 Å². The Hall–Kier alpha value is -1.32. The van der Waals surface area contributed by atoms with Gasteiger partial charge in [0, 0.05) is 12.8 Å². The van der Waals surface area contributed by atoms with Gasteiger partial charge in [0.05, 0.1) is 6.54 Å². The molecule has 1 unspecified atom stereocenters. The van der Waals surface area contributed by atoms with E-state index in [0.29, 0.717) is 19.4 Å². The number of cyclic esters (lactones) is 1. The summed E-state index contributed by atoms with van der Waals surface area (Å²) < 4.78 is 5.20. The second-order valence-electron chi connectivity index (χ2n) is 4.66. The molecular formula is C13H21NO3. The molecule has 2 atom stereocenters. The van der Waals surface area contributed by atoms with Crippen LogP contribution in [0, 0.1) is 5.92 Å². The highest BCUT2D eigenvalue weighted by molar-refractivity contribution is 5.76. The lowest BCUT2D eigenvalue weighted by atomic mass is 10.0. The van der Waals surface area contributed by atoms with E-state index < -0.39 is 0 Å². The number of carbonyl (C=O) groups excluding carboxylic acids is 2. The lowest BCUT2D eigenvalue weighted by Gasteiger charge is -2.15. The maximum Gasteiger partial charge on any atom is 0.306 e. The zero-order valence-electron chi connectivity index (χ0n) is 10.6. The van der Waals surface area contributed by atoms with Crippen LogP contribution in [-0.4, -0.2) is 24.5 Å². The molecule has 0 aromatic heterocycles. The van der Waals surface area contributed by atoms with E-state index in [2.05, 4.69) is 5.32 Å². The molecule has 1 heterocycles. The van der Waals surface area contributed by atoms with Crippen molar-refractivity contribution >= 4 is 11.9 Å². The van der Waals surface area contributed by atoms with Gasteiger partial charge in [0.1, 0.15) is 6.10 Å². The van der Waals surface area contributed by atoms with Crippen molar-refractivity contribution in [3.8, 4) is 0 Å². The number of rotatable bonds is 0. The number of hydrogen-bond acceptors (Lipinski definition) is 3. The molecule has 0 saturated heterocycles. The summed E-state index contributed by atoms with van der Waals surface area (Å²) in [5, 5.41) is 2.75. The highest BCUT2D eigenvalue weighted by Gasteiger charge is 2.14. The third-order valence-electron chi connectivity index (χ3n) is 2.68. The van der Waals surface area contributed by atoms with E-state index in [9.17, 15) is 9.59 Å². The Labute approximate surface area is 102 Å². The van der Waals surface area contributed by atoms with E-state index >= 15 is 0 Å². The fourth-order valence-corrected chi connectivity index (χ4v) is 1.69. The van der Waals surface area contributed by atoms with Crippen LogP contribution in [0.25, 0.3) is 0 Å². The smallest absolute Gasteiger partial charge is 0.306 e. The zero-order valence-corrected chi connectivity index (χ0v) is 10.6. The minimum Gasteiger partial charge on any atom is -0.461 e. The summed E-state index contributed by atoms with van der Waals surface area (Å²) in [7, 11) is 0. The molecule has 0 aromatic rings. The molecule has 17 heavy (non-hydrogen) atoms. The molecule has 96 valence electrons. The fraction of sp³-hybridized carbons (Fsp3) is 0.692. The Balaban J connectivity index is 2.54. The minimum atomic E-state index is -0.257. The van der Waals surface area contributed by atoms with Crippen molar-refractivity contribution in [3.63, 3.8) is 0 Å². The third kappa shape index (κ3) is 6.09. The van der Waals surface area contributed by atoms with Gasteiger partial charge in [-0.1, -0.05) is 19.1 Å². The number of nitrogens with one attached hydrogen (secondary N) is 1. The van der Waals surface area contributed by atoms with E-state index in [1.807, 2.05) is 19.1 Å². The summed E-state index contributed by atoms with van der Waals surface area (Å²) in [6.07, 6.45) is 6.31. The summed E-state index contributed by atoms with van der Waals surface area (Å²) >= 11 is 0. The Morgan fingerprint density at radius 2 is 2.06 bits per heavy atom. The van der Waals surface area contributed by atoms with Crippen molar-refractivity contribution in [2.75, 3.05) is 6.54 Å². The first-order valence-corrected chi connectivity index (χ1v) is 6.19. The molecule has 0 aliphatic carbocycles. The largest absolute Gasteiger partial charge is 0.461 e. The highest BCUT2D eigenvalue weighted by atomic mass is 16.5. The monoisotopic (exact) mass is 239 g/mol. The van der Waals surface area contributed by atoms with Gasteiger partial charge in [-0.3, -0.25) is 9.59 Å². The average Bonchev–Trinajstić information content (AvgIpc) is 2.25. The predicted molar refractivity (Wildman–Crippen MR) is 65.3 cm³/mol. The first-order valence-electron chi connectivity index (χ1n) is 6.19. The maximum atomic E-state index is 11.5. The van der Waals surface area contributed by atoms with Crippen molar-refractivity contribution in [2.24, 2.45) is 5.92 Å². The van der Waals surface area contributed by atoms with Gasteiger partial charge in [-0.25, -0.2) is 0 Å². The highest BCUT2D eigenvalue weighted by Crippen LogP contribution is 2.11. The van der Waals surface area contributed by atoms with E-state index in [-0.39, 0.29) is 23.9 Å². The quantitative estimate of drug-likeness (QED) is 0.518. The first kappa shape index (κ1) is 13.7. The van der Waals surface area contributed by atoms with E-state index in [0.717, 1.165) is 12.8 Å². The molecule has 0 radical (unpaired) electrons. The van der Waals surface area contributed by atoms with Crippen LogP contribution in [0.5, 0.6) is 0 Å². The lowest BCUT2D eigenvalue weighted by Crippen LogP contribution is -2.33. The Morgan fingerprint density at radius 1 is 1.29 bits per heavy atom. The Bertz CT molecular complexity index is 299. The van der Waals surface area contributed by atoms with E-state index in [4.69, 9.17) is 4.74 Å². The normalized spacial score (nSPS) is 30.2. The van der Waals surface area contributed by atoms with Crippen molar-refractivity contribution in [3.05, 3.63) is 12.2 Å². The van der Waals surface area contributed by atoms with E-state index in [1.165, 1.54) is 0 Å². The number of carbonyl (C=O) groups is 2. The molecule has 1 amide bonds. The van der Waals surface area contributed by atoms with Gasteiger partial charge in [-0.15, -0.1) is 0 Å². The van der Waals surface area contributed by atoms with Crippen LogP contribution < -0.4 is 5.32 Å². The molecule has 1 aliphatic rings. The SMILES string of the molecule is CC1C/C=C/CCC(=O)NC[C@@H](C)OC(=O)C1. The van der Waals surface area contributed by atoms with Crippen LogP contribution >= 0.6 is 0 Å². The maximum absolute atomic E-state index is 11.5. The second-order valence-corrected chi connectivity index (χ2v) is 4.66. The molecule has 1 rings (SSSR count). The number of hydrogen-bond donors (Lipinski definition) is 1. The van der Waals surface area contributed by atoms with Crippen LogP contribution in [0.3, 0.4) is 0 Å². The number of ether oxygens (including phenoxy) is 1. The van der Waals surface area contributed by atoms with Crippen LogP contribution in [-0.2, 0) is 14.3 Å². The van der Waals surface area contributed by atoms with Crippen molar-refractivity contribution in [1.82, 2.24) is 5.32 Å². The molecule has 0 fully saturated rings. The summed E-state index contributed by atoms with van der Waals surface area (Å²) in [5.74, 6) is 0.104. The van der Waals surface area contributed by atoms with Gasteiger partial charge in [-0.05, 0) is 25.7 Å². The Kier molecular flexibility index (Phi) is 5.73. The summed E-state index contributed by atoms with van der Waals surface area (Å²) in [4.78, 5) is 22.9. The molecule has 0 saturated carbocycles. The van der Waals surface area contributed by atoms with Gasteiger partial charge >= 0.3 is 5.97 Å². The van der Waals surface area contributed by atoms with Gasteiger partial charge in [0.25, 0.3) is 0 Å². The van der Waals surface area contributed by atoms with Gasteiger partial charge < -0.3 is 10.1 Å². The first-order chi connectivity index (χ1) is 8.08. The van der Waals surface area contributed by atoms with Crippen LogP contribution in [0.1, 0.15) is 39.5 Å². The molecule has 1 aliphatic heterocycles. The molecular weight excluding hydrogens is 218 g/mol. The molecule has 0 bridgehead atoms. The summed E-state index contributed by atoms with van der Waals surface area (Å²) in [6, 6.07) is 0. The molecule has 0 spiro atoms. The predicted octanol–water partition coefficient (Wildman–Crippen LogP) is 1.80. The van der Waals surface area contributed by atoms with Crippen LogP contribution in [0.4, 0.5) is 0 Å². The number of allylic oxidation sites excluding steroid dienone is 2.